The maximum Gasteiger partial charge on any atom is 0.249 e. The van der Waals surface area contributed by atoms with Crippen LogP contribution in [-0.2, 0) is 9.59 Å². The number of nitrogens with one attached hydrogen (secondary N) is 1. The summed E-state index contributed by atoms with van der Waals surface area (Å²) in [7, 11) is 0. The van der Waals surface area contributed by atoms with E-state index in [4.69, 9.17) is 11.6 Å². The Morgan fingerprint density at radius 2 is 2.21 bits per heavy atom. The van der Waals surface area contributed by atoms with Crippen LogP contribution in [0.3, 0.4) is 0 Å². The van der Waals surface area contributed by atoms with Gasteiger partial charge in [-0.2, -0.15) is 0 Å². The average Bonchev–Trinajstić information content (AvgIpc) is 3.11. The van der Waals surface area contributed by atoms with Crippen molar-refractivity contribution in [3.63, 3.8) is 0 Å². The summed E-state index contributed by atoms with van der Waals surface area (Å²) in [6.45, 7) is 3.87. The van der Waals surface area contributed by atoms with Crippen molar-refractivity contribution in [3.05, 3.63) is 28.8 Å². The Morgan fingerprint density at radius 3 is 2.84 bits per heavy atom. The number of fused-ring (bicyclic) bond motifs is 1. The van der Waals surface area contributed by atoms with E-state index in [1.165, 1.54) is 5.01 Å². The molecule has 1 aromatic carbocycles. The fraction of sp³-hybridized carbons (Fsp3) is 0.429. The molecule has 1 N–H and O–H groups in total. The number of hydrogen-bond donors (Lipinski definition) is 1. The first-order chi connectivity index (χ1) is 8.99. The van der Waals surface area contributed by atoms with Crippen molar-refractivity contribution in [3.8, 4) is 0 Å². The summed E-state index contributed by atoms with van der Waals surface area (Å²) >= 11 is 6.16. The van der Waals surface area contributed by atoms with Crippen molar-refractivity contribution >= 4 is 29.1 Å². The molecule has 1 heterocycles. The topological polar surface area (TPSA) is 49.4 Å². The predicted octanol–water partition coefficient (Wildman–Crippen LogP) is 2.44. The molecule has 0 aromatic heterocycles. The molecule has 19 heavy (non-hydrogen) atoms. The molecule has 3 rings (SSSR count). The zero-order chi connectivity index (χ0) is 13.8. The Kier molecular flexibility index (Phi) is 2.61. The van der Waals surface area contributed by atoms with E-state index in [0.717, 1.165) is 5.56 Å². The van der Waals surface area contributed by atoms with Gasteiger partial charge in [-0.25, -0.2) is 5.01 Å². The molecule has 2 aliphatic rings. The van der Waals surface area contributed by atoms with Crippen molar-refractivity contribution in [1.29, 1.82) is 0 Å². The number of nitrogens with zero attached hydrogens (tertiary/aromatic N) is 1. The van der Waals surface area contributed by atoms with Crippen LogP contribution in [0.4, 0.5) is 5.69 Å². The number of anilines is 1. The molecule has 2 amide bonds. The third-order valence-electron chi connectivity index (χ3n) is 4.23. The second-order valence-corrected chi connectivity index (χ2v) is 5.74. The zero-order valence-corrected chi connectivity index (χ0v) is 11.6. The highest BCUT2D eigenvalue weighted by atomic mass is 35.5. The molecule has 5 heteroatoms. The van der Waals surface area contributed by atoms with E-state index in [0.29, 0.717) is 23.6 Å². The van der Waals surface area contributed by atoms with E-state index in [9.17, 15) is 9.59 Å². The minimum absolute atomic E-state index is 0.0628. The second kappa shape index (κ2) is 3.97. The number of aryl methyl sites for hydroxylation is 1. The van der Waals surface area contributed by atoms with Crippen LogP contribution < -0.4 is 10.4 Å². The van der Waals surface area contributed by atoms with Gasteiger partial charge in [0, 0.05) is 0 Å². The van der Waals surface area contributed by atoms with Crippen LogP contribution in [0.2, 0.25) is 5.02 Å². The summed E-state index contributed by atoms with van der Waals surface area (Å²) in [5.74, 6) is -0.327. The molecular weight excluding hydrogens is 264 g/mol. The lowest BCUT2D eigenvalue weighted by Crippen LogP contribution is -2.55. The quantitative estimate of drug-likeness (QED) is 0.903. The molecule has 1 aliphatic carbocycles. The highest BCUT2D eigenvalue weighted by molar-refractivity contribution is 6.34. The summed E-state index contributed by atoms with van der Waals surface area (Å²) in [5, 5.41) is 1.77. The van der Waals surface area contributed by atoms with E-state index in [-0.39, 0.29) is 17.7 Å². The summed E-state index contributed by atoms with van der Waals surface area (Å²) in [5.41, 5.74) is 3.78. The van der Waals surface area contributed by atoms with Crippen molar-refractivity contribution in [2.75, 3.05) is 5.01 Å². The number of benzene rings is 1. The number of amides is 2. The van der Waals surface area contributed by atoms with Gasteiger partial charge < -0.3 is 0 Å². The molecule has 0 unspecified atom stereocenters. The molecule has 4 nitrogen and oxygen atoms in total. The van der Waals surface area contributed by atoms with Crippen LogP contribution in [0.5, 0.6) is 0 Å². The molecule has 1 aromatic rings. The van der Waals surface area contributed by atoms with E-state index < -0.39 is 5.41 Å². The van der Waals surface area contributed by atoms with E-state index in [1.807, 2.05) is 19.9 Å². The van der Waals surface area contributed by atoms with Crippen molar-refractivity contribution < 1.29 is 9.59 Å². The number of hydrazine groups is 1. The maximum atomic E-state index is 12.4. The summed E-state index contributed by atoms with van der Waals surface area (Å²) in [6.07, 6.45) is 1.35. The highest BCUT2D eigenvalue weighted by Gasteiger charge is 2.66. The molecule has 2 fully saturated rings. The van der Waals surface area contributed by atoms with Gasteiger partial charge in [0.25, 0.3) is 0 Å². The summed E-state index contributed by atoms with van der Waals surface area (Å²) < 4.78 is 0. The second-order valence-electron chi connectivity index (χ2n) is 5.34. The number of hydrogen-bond acceptors (Lipinski definition) is 2. The number of halogens is 1. The van der Waals surface area contributed by atoms with Crippen LogP contribution in [0.25, 0.3) is 0 Å². The molecule has 1 saturated carbocycles. The van der Waals surface area contributed by atoms with Gasteiger partial charge in [-0.1, -0.05) is 24.6 Å². The minimum atomic E-state index is -0.468. The minimum Gasteiger partial charge on any atom is -0.273 e. The zero-order valence-electron chi connectivity index (χ0n) is 10.9. The fourth-order valence-electron chi connectivity index (χ4n) is 2.83. The molecule has 1 aliphatic heterocycles. The van der Waals surface area contributed by atoms with Crippen molar-refractivity contribution in [1.82, 2.24) is 5.43 Å². The van der Waals surface area contributed by atoms with Crippen molar-refractivity contribution in [2.45, 2.75) is 26.7 Å². The predicted molar refractivity (Wildman–Crippen MR) is 72.6 cm³/mol. The summed E-state index contributed by atoms with van der Waals surface area (Å²) in [6, 6.07) is 5.41. The first-order valence-corrected chi connectivity index (χ1v) is 6.78. The summed E-state index contributed by atoms with van der Waals surface area (Å²) in [4.78, 5) is 24.5. The average molecular weight is 279 g/mol. The van der Waals surface area contributed by atoms with Crippen LogP contribution in [-0.4, -0.2) is 11.8 Å². The Bertz CT molecular complexity index is 587. The number of rotatable bonds is 2. The first kappa shape index (κ1) is 12.5. The standard InChI is InChI=1S/C14H15ClN2O2/c1-3-14-7-9(14)12(18)17(16-13(14)19)11-5-4-8(2)6-10(11)15/h4-6,9H,3,7H2,1-2H3,(H,16,19)/t9-,14-/m0/s1. The maximum absolute atomic E-state index is 12.4. The van der Waals surface area contributed by atoms with E-state index in [1.54, 1.807) is 12.1 Å². The fourth-order valence-corrected chi connectivity index (χ4v) is 3.15. The van der Waals surface area contributed by atoms with Gasteiger partial charge in [-0.3, -0.25) is 15.0 Å². The molecule has 0 spiro atoms. The van der Waals surface area contributed by atoms with Crippen LogP contribution in [0.15, 0.2) is 18.2 Å². The van der Waals surface area contributed by atoms with Crippen LogP contribution >= 0.6 is 11.6 Å². The largest absolute Gasteiger partial charge is 0.273 e. The molecular formula is C14H15ClN2O2. The Hall–Kier alpha value is -1.55. The van der Waals surface area contributed by atoms with Gasteiger partial charge in [-0.15, -0.1) is 0 Å². The number of carbonyl (C=O) groups excluding carboxylic acids is 2. The SMILES string of the molecule is CC[C@]12C[C@H]1C(=O)N(c1ccc(C)cc1Cl)NC2=O. The Labute approximate surface area is 116 Å². The molecule has 0 bridgehead atoms. The van der Waals surface area contributed by atoms with E-state index in [2.05, 4.69) is 5.43 Å². The normalized spacial score (nSPS) is 29.0. The molecule has 1 saturated heterocycles. The van der Waals surface area contributed by atoms with Gasteiger partial charge in [0.1, 0.15) is 0 Å². The van der Waals surface area contributed by atoms with Gasteiger partial charge in [0.15, 0.2) is 0 Å². The van der Waals surface area contributed by atoms with Gasteiger partial charge in [-0.05, 0) is 37.5 Å². The highest BCUT2D eigenvalue weighted by Crippen LogP contribution is 2.58. The lowest BCUT2D eigenvalue weighted by atomic mass is 9.97. The van der Waals surface area contributed by atoms with Crippen molar-refractivity contribution in [2.24, 2.45) is 11.3 Å². The van der Waals surface area contributed by atoms with Gasteiger partial charge >= 0.3 is 0 Å². The monoisotopic (exact) mass is 278 g/mol. The van der Waals surface area contributed by atoms with Gasteiger partial charge in [0.2, 0.25) is 11.8 Å². The lowest BCUT2D eigenvalue weighted by Gasteiger charge is -2.31. The Morgan fingerprint density at radius 1 is 1.47 bits per heavy atom. The third-order valence-corrected chi connectivity index (χ3v) is 4.54. The molecule has 0 radical (unpaired) electrons. The number of carbonyl (C=O) groups is 2. The van der Waals surface area contributed by atoms with Gasteiger partial charge in [0.05, 0.1) is 22.0 Å². The molecule has 2 atom stereocenters. The van der Waals surface area contributed by atoms with Crippen LogP contribution in [0, 0.1) is 18.3 Å². The van der Waals surface area contributed by atoms with Crippen LogP contribution in [0.1, 0.15) is 25.3 Å². The first-order valence-electron chi connectivity index (χ1n) is 6.41. The smallest absolute Gasteiger partial charge is 0.249 e. The lowest BCUT2D eigenvalue weighted by molar-refractivity contribution is -0.135. The molecule has 100 valence electrons. The third kappa shape index (κ3) is 1.66. The van der Waals surface area contributed by atoms with E-state index >= 15 is 0 Å². The Balaban J connectivity index is 1.95.